The second kappa shape index (κ2) is 9.21. The van der Waals surface area contributed by atoms with E-state index in [9.17, 15) is 4.79 Å². The van der Waals surface area contributed by atoms with Gasteiger partial charge in [0.15, 0.2) is 6.39 Å². The summed E-state index contributed by atoms with van der Waals surface area (Å²) in [6.45, 7) is 10.8. The van der Waals surface area contributed by atoms with Gasteiger partial charge in [0.25, 0.3) is 5.91 Å². The molecular formula is C24H34N2O4. The van der Waals surface area contributed by atoms with Crippen LogP contribution in [0.15, 0.2) is 41.3 Å². The van der Waals surface area contributed by atoms with Crippen LogP contribution in [0.5, 0.6) is 5.75 Å². The normalized spacial score (nSPS) is 20.9. The molecule has 1 aromatic heterocycles. The van der Waals surface area contributed by atoms with Gasteiger partial charge < -0.3 is 18.8 Å². The number of carbonyl (C=O) groups is 1. The van der Waals surface area contributed by atoms with Crippen molar-refractivity contribution in [2.24, 2.45) is 11.3 Å². The molecule has 6 heteroatoms. The Kier molecular flexibility index (Phi) is 6.86. The molecule has 0 saturated carbocycles. The Hall–Kier alpha value is -2.34. The first-order chi connectivity index (χ1) is 14.2. The van der Waals surface area contributed by atoms with E-state index >= 15 is 0 Å². The van der Waals surface area contributed by atoms with Crippen LogP contribution in [0, 0.1) is 11.3 Å². The number of rotatable bonds is 8. The van der Waals surface area contributed by atoms with Gasteiger partial charge in [-0.25, -0.2) is 4.98 Å². The van der Waals surface area contributed by atoms with Crippen LogP contribution in [0.3, 0.4) is 0 Å². The van der Waals surface area contributed by atoms with Gasteiger partial charge in [0, 0.05) is 19.7 Å². The fraction of sp³-hybridized carbons (Fsp3) is 0.583. The predicted octanol–water partition coefficient (Wildman–Crippen LogP) is 4.95. The Balaban J connectivity index is 1.79. The van der Waals surface area contributed by atoms with Gasteiger partial charge in [0.05, 0.1) is 18.9 Å². The van der Waals surface area contributed by atoms with Crippen LogP contribution in [-0.2, 0) is 11.3 Å². The number of aromatic nitrogens is 1. The highest BCUT2D eigenvalue weighted by Crippen LogP contribution is 2.47. The van der Waals surface area contributed by atoms with E-state index in [1.165, 1.54) is 12.6 Å². The lowest BCUT2D eigenvalue weighted by atomic mass is 9.65. The van der Waals surface area contributed by atoms with Gasteiger partial charge >= 0.3 is 0 Å². The minimum atomic E-state index is -0.141. The number of benzene rings is 1. The Morgan fingerprint density at radius 2 is 2.00 bits per heavy atom. The molecule has 2 heterocycles. The monoisotopic (exact) mass is 414 g/mol. The number of hydrogen-bond acceptors (Lipinski definition) is 5. The van der Waals surface area contributed by atoms with E-state index in [1.807, 2.05) is 29.2 Å². The molecule has 30 heavy (non-hydrogen) atoms. The molecule has 3 rings (SSSR count). The summed E-state index contributed by atoms with van der Waals surface area (Å²) < 4.78 is 16.5. The quantitative estimate of drug-likeness (QED) is 0.612. The molecule has 0 bridgehead atoms. The number of carbonyl (C=O) groups excluding carboxylic acids is 1. The van der Waals surface area contributed by atoms with Gasteiger partial charge in [-0.05, 0) is 62.1 Å². The molecule has 1 aliphatic heterocycles. The van der Waals surface area contributed by atoms with Crippen molar-refractivity contribution in [3.63, 3.8) is 0 Å². The van der Waals surface area contributed by atoms with Crippen molar-refractivity contribution in [2.45, 2.75) is 59.1 Å². The molecule has 1 fully saturated rings. The third-order valence-electron chi connectivity index (χ3n) is 6.44. The van der Waals surface area contributed by atoms with E-state index in [2.05, 4.69) is 32.7 Å². The number of oxazole rings is 1. The molecule has 1 unspecified atom stereocenters. The number of hydrogen-bond donors (Lipinski definition) is 0. The van der Waals surface area contributed by atoms with Crippen LogP contribution in [-0.4, -0.2) is 41.7 Å². The molecule has 1 amide bonds. The zero-order chi connectivity index (χ0) is 21.8. The minimum absolute atomic E-state index is 0.131. The Morgan fingerprint density at radius 3 is 2.57 bits per heavy atom. The predicted molar refractivity (Wildman–Crippen MR) is 115 cm³/mol. The lowest BCUT2D eigenvalue weighted by molar-refractivity contribution is -0.122. The molecule has 0 aliphatic carbocycles. The lowest BCUT2D eigenvalue weighted by Gasteiger charge is -2.48. The average molecular weight is 415 g/mol. The van der Waals surface area contributed by atoms with E-state index in [1.54, 1.807) is 7.11 Å². The first-order valence-corrected chi connectivity index (χ1v) is 10.7. The fourth-order valence-corrected chi connectivity index (χ4v) is 4.55. The van der Waals surface area contributed by atoms with Crippen molar-refractivity contribution in [3.05, 3.63) is 48.2 Å². The van der Waals surface area contributed by atoms with Crippen LogP contribution >= 0.6 is 0 Å². The second-order valence-electron chi connectivity index (χ2n) is 9.24. The Bertz CT molecular complexity index is 814. The number of ether oxygens (including phenoxy) is 2. The molecule has 6 nitrogen and oxygen atoms in total. The standard InChI is InChI=1S/C24H34N2O4/c1-18(2)24(11-13-30-23(3,4)16-24)10-12-26(22(27)21-14-25-17-29-21)15-19-6-8-20(28-5)9-7-19/h6-9,14,17-18H,10-13,15-16H2,1-5H3. The highest BCUT2D eigenvalue weighted by Gasteiger charge is 2.43. The first-order valence-electron chi connectivity index (χ1n) is 10.7. The van der Waals surface area contributed by atoms with Crippen molar-refractivity contribution < 1.29 is 18.7 Å². The largest absolute Gasteiger partial charge is 0.497 e. The van der Waals surface area contributed by atoms with Gasteiger partial charge in [-0.2, -0.15) is 0 Å². The van der Waals surface area contributed by atoms with Crippen molar-refractivity contribution >= 4 is 5.91 Å². The zero-order valence-electron chi connectivity index (χ0n) is 18.8. The maximum Gasteiger partial charge on any atom is 0.291 e. The Labute approximate surface area is 179 Å². The maximum absolute atomic E-state index is 13.2. The van der Waals surface area contributed by atoms with E-state index in [0.29, 0.717) is 19.0 Å². The molecular weight excluding hydrogens is 380 g/mol. The van der Waals surface area contributed by atoms with E-state index < -0.39 is 0 Å². The summed E-state index contributed by atoms with van der Waals surface area (Å²) in [5.74, 6) is 1.45. The SMILES string of the molecule is COc1ccc(CN(CCC2(C(C)C)CCOC(C)(C)C2)C(=O)c2cnco2)cc1. The Morgan fingerprint density at radius 1 is 1.27 bits per heavy atom. The lowest BCUT2D eigenvalue weighted by Crippen LogP contribution is -2.46. The molecule has 1 atom stereocenters. The zero-order valence-corrected chi connectivity index (χ0v) is 18.8. The number of amides is 1. The molecule has 1 aliphatic rings. The molecule has 0 N–H and O–H groups in total. The summed E-state index contributed by atoms with van der Waals surface area (Å²) in [5, 5.41) is 0. The summed E-state index contributed by atoms with van der Waals surface area (Å²) >= 11 is 0. The molecule has 1 saturated heterocycles. The molecule has 2 aromatic rings. The van der Waals surface area contributed by atoms with Gasteiger partial charge in [-0.15, -0.1) is 0 Å². The summed E-state index contributed by atoms with van der Waals surface area (Å²) in [4.78, 5) is 18.9. The van der Waals surface area contributed by atoms with Crippen LogP contribution in [0.4, 0.5) is 0 Å². The van der Waals surface area contributed by atoms with Gasteiger partial charge in [0.1, 0.15) is 5.75 Å². The smallest absolute Gasteiger partial charge is 0.291 e. The number of nitrogens with zero attached hydrogens (tertiary/aromatic N) is 2. The van der Waals surface area contributed by atoms with Crippen molar-refractivity contribution in [2.75, 3.05) is 20.3 Å². The molecule has 164 valence electrons. The van der Waals surface area contributed by atoms with Crippen LogP contribution in [0.1, 0.15) is 63.1 Å². The van der Waals surface area contributed by atoms with Gasteiger partial charge in [-0.3, -0.25) is 4.79 Å². The average Bonchev–Trinajstić information content (AvgIpc) is 3.25. The highest BCUT2D eigenvalue weighted by atomic mass is 16.5. The van der Waals surface area contributed by atoms with Gasteiger partial charge in [-0.1, -0.05) is 26.0 Å². The summed E-state index contributed by atoms with van der Waals surface area (Å²) in [5.41, 5.74) is 1.05. The number of methoxy groups -OCH3 is 1. The highest BCUT2D eigenvalue weighted by molar-refractivity contribution is 5.91. The third-order valence-corrected chi connectivity index (χ3v) is 6.44. The van der Waals surface area contributed by atoms with Crippen LogP contribution < -0.4 is 4.74 Å². The van der Waals surface area contributed by atoms with E-state index in [4.69, 9.17) is 13.9 Å². The van der Waals surface area contributed by atoms with Crippen molar-refractivity contribution in [3.8, 4) is 5.75 Å². The summed E-state index contributed by atoms with van der Waals surface area (Å²) in [6.07, 6.45) is 5.72. The van der Waals surface area contributed by atoms with Gasteiger partial charge in [0.2, 0.25) is 5.76 Å². The minimum Gasteiger partial charge on any atom is -0.497 e. The van der Waals surface area contributed by atoms with Crippen LogP contribution in [0.25, 0.3) is 0 Å². The topological polar surface area (TPSA) is 64.8 Å². The summed E-state index contributed by atoms with van der Waals surface area (Å²) in [6, 6.07) is 7.83. The first kappa shape index (κ1) is 22.3. The second-order valence-corrected chi connectivity index (χ2v) is 9.24. The van der Waals surface area contributed by atoms with E-state index in [-0.39, 0.29) is 22.7 Å². The third kappa shape index (κ3) is 5.22. The fourth-order valence-electron chi connectivity index (χ4n) is 4.55. The van der Waals surface area contributed by atoms with Crippen molar-refractivity contribution in [1.29, 1.82) is 0 Å². The molecule has 0 spiro atoms. The maximum atomic E-state index is 13.2. The molecule has 1 aromatic carbocycles. The van der Waals surface area contributed by atoms with Crippen LogP contribution in [0.2, 0.25) is 0 Å². The van der Waals surface area contributed by atoms with Crippen molar-refractivity contribution in [1.82, 2.24) is 9.88 Å². The van der Waals surface area contributed by atoms with E-state index in [0.717, 1.165) is 37.2 Å². The summed E-state index contributed by atoms with van der Waals surface area (Å²) in [7, 11) is 1.65. The molecule has 0 radical (unpaired) electrons.